The first-order valence-corrected chi connectivity index (χ1v) is 10.7. The number of nitrogens with zero attached hydrogens (tertiary/aromatic N) is 3. The number of nitro groups is 1. The highest BCUT2D eigenvalue weighted by atomic mass is 16.6. The molecule has 1 aromatic carbocycles. The summed E-state index contributed by atoms with van der Waals surface area (Å²) in [6.45, 7) is 3.72. The third kappa shape index (κ3) is 5.72. The van der Waals surface area contributed by atoms with Gasteiger partial charge in [-0.1, -0.05) is 26.0 Å². The number of benzene rings is 1. The lowest BCUT2D eigenvalue weighted by molar-refractivity contribution is -0.384. The van der Waals surface area contributed by atoms with Gasteiger partial charge in [0.1, 0.15) is 12.4 Å². The number of methoxy groups -OCH3 is 1. The highest BCUT2D eigenvalue weighted by molar-refractivity contribution is 6.00. The minimum absolute atomic E-state index is 0.0458. The molecule has 3 aromatic rings. The van der Waals surface area contributed by atoms with Crippen LogP contribution in [0.15, 0.2) is 42.6 Å². The van der Waals surface area contributed by atoms with Gasteiger partial charge in [0.2, 0.25) is 0 Å². The van der Waals surface area contributed by atoms with E-state index in [2.05, 4.69) is 20.4 Å². The summed E-state index contributed by atoms with van der Waals surface area (Å²) < 4.78 is 6.31. The summed E-state index contributed by atoms with van der Waals surface area (Å²) in [7, 11) is 1.28. The fourth-order valence-electron chi connectivity index (χ4n) is 3.59. The summed E-state index contributed by atoms with van der Waals surface area (Å²) >= 11 is 0. The van der Waals surface area contributed by atoms with Crippen LogP contribution >= 0.6 is 0 Å². The molecule has 0 saturated carbocycles. The molecule has 0 spiro atoms. The number of fused-ring (bicyclic) bond motifs is 1. The van der Waals surface area contributed by atoms with Gasteiger partial charge in [-0.15, -0.1) is 0 Å². The monoisotopic (exact) mass is 483 g/mol. The van der Waals surface area contributed by atoms with Gasteiger partial charge in [-0.05, 0) is 23.6 Å². The zero-order valence-electron chi connectivity index (χ0n) is 19.3. The number of carbonyl (C=O) groups is 3. The Labute approximate surface area is 200 Å². The molecule has 2 aromatic heterocycles. The third-order valence-electron chi connectivity index (χ3n) is 5.26. The quantitative estimate of drug-likeness (QED) is 0.223. The van der Waals surface area contributed by atoms with Crippen LogP contribution in [-0.4, -0.2) is 50.9 Å². The van der Waals surface area contributed by atoms with E-state index in [1.807, 2.05) is 13.8 Å². The average Bonchev–Trinajstić information content (AvgIpc) is 3.20. The zero-order valence-corrected chi connectivity index (χ0v) is 19.3. The lowest BCUT2D eigenvalue weighted by atomic mass is 10.0. The SMILES string of the molecule is COC(=O)CNc1c(C(C)C)nc2c(C(=O)NC(CC(=O)O)c3cccc([N+](=O)[O-])c3)cccn12. The molecule has 3 N–H and O–H groups in total. The Morgan fingerprint density at radius 3 is 2.60 bits per heavy atom. The molecule has 0 saturated heterocycles. The van der Waals surface area contributed by atoms with Crippen LogP contribution in [0.4, 0.5) is 11.5 Å². The van der Waals surface area contributed by atoms with Crippen molar-refractivity contribution in [1.82, 2.24) is 14.7 Å². The number of rotatable bonds is 10. The maximum absolute atomic E-state index is 13.3. The summed E-state index contributed by atoms with van der Waals surface area (Å²) in [4.78, 5) is 51.5. The molecule has 12 heteroatoms. The number of non-ortho nitro benzene ring substituents is 1. The standard InChI is InChI=1S/C23H25N5O7/c1-13(2)20-22(24-12-19(31)35-3)27-9-5-8-16(21(27)26-20)23(32)25-17(11-18(29)30)14-6-4-7-15(10-14)28(33)34/h4-10,13,17,24H,11-12H2,1-3H3,(H,25,32)(H,29,30). The topological polar surface area (TPSA) is 165 Å². The number of aliphatic carboxylic acids is 1. The Hall–Kier alpha value is -4.48. The van der Waals surface area contributed by atoms with Crippen molar-refractivity contribution in [3.05, 3.63) is 69.5 Å². The first kappa shape index (κ1) is 25.1. The largest absolute Gasteiger partial charge is 0.481 e. The Morgan fingerprint density at radius 1 is 1.23 bits per heavy atom. The number of hydrogen-bond donors (Lipinski definition) is 3. The van der Waals surface area contributed by atoms with Crippen molar-refractivity contribution < 1.29 is 29.2 Å². The smallest absolute Gasteiger partial charge is 0.325 e. The van der Waals surface area contributed by atoms with Crippen molar-refractivity contribution in [2.45, 2.75) is 32.2 Å². The molecule has 1 unspecified atom stereocenters. The van der Waals surface area contributed by atoms with Crippen LogP contribution in [-0.2, 0) is 14.3 Å². The molecular weight excluding hydrogens is 458 g/mol. The van der Waals surface area contributed by atoms with Gasteiger partial charge in [0.05, 0.1) is 35.8 Å². The number of hydrogen-bond acceptors (Lipinski definition) is 8. The van der Waals surface area contributed by atoms with Gasteiger partial charge in [0.15, 0.2) is 5.65 Å². The van der Waals surface area contributed by atoms with Crippen molar-refractivity contribution in [3.8, 4) is 0 Å². The third-order valence-corrected chi connectivity index (χ3v) is 5.26. The van der Waals surface area contributed by atoms with Crippen molar-refractivity contribution in [1.29, 1.82) is 0 Å². The molecule has 184 valence electrons. The summed E-state index contributed by atoms with van der Waals surface area (Å²) in [6.07, 6.45) is 1.20. The minimum atomic E-state index is -1.18. The summed E-state index contributed by atoms with van der Waals surface area (Å²) in [5.74, 6) is -1.78. The second-order valence-corrected chi connectivity index (χ2v) is 8.02. The zero-order chi connectivity index (χ0) is 25.7. The predicted octanol–water partition coefficient (Wildman–Crippen LogP) is 2.90. The van der Waals surface area contributed by atoms with Crippen LogP contribution in [0.1, 0.15) is 53.8 Å². The van der Waals surface area contributed by atoms with Crippen LogP contribution in [0.2, 0.25) is 0 Å². The van der Waals surface area contributed by atoms with Gasteiger partial charge in [-0.25, -0.2) is 4.98 Å². The van der Waals surface area contributed by atoms with E-state index >= 15 is 0 Å². The van der Waals surface area contributed by atoms with Crippen molar-refractivity contribution in [2.75, 3.05) is 19.0 Å². The van der Waals surface area contributed by atoms with Crippen molar-refractivity contribution in [2.24, 2.45) is 0 Å². The second kappa shape index (κ2) is 10.6. The van der Waals surface area contributed by atoms with Crippen LogP contribution in [0.5, 0.6) is 0 Å². The number of nitro benzene ring substituents is 1. The number of amides is 1. The molecule has 0 fully saturated rings. The number of nitrogens with one attached hydrogen (secondary N) is 2. The highest BCUT2D eigenvalue weighted by Crippen LogP contribution is 2.28. The average molecular weight is 483 g/mol. The predicted molar refractivity (Wildman–Crippen MR) is 125 cm³/mol. The summed E-state index contributed by atoms with van der Waals surface area (Å²) in [5.41, 5.74) is 1.16. The van der Waals surface area contributed by atoms with Crippen LogP contribution in [0, 0.1) is 10.1 Å². The lowest BCUT2D eigenvalue weighted by Crippen LogP contribution is -2.30. The number of ether oxygens (including phenoxy) is 1. The second-order valence-electron chi connectivity index (χ2n) is 8.02. The number of imidazole rings is 1. The molecule has 0 radical (unpaired) electrons. The van der Waals surface area contributed by atoms with Gasteiger partial charge in [0, 0.05) is 18.3 Å². The fraction of sp³-hybridized carbons (Fsp3) is 0.304. The van der Waals surface area contributed by atoms with E-state index < -0.39 is 35.2 Å². The molecule has 2 heterocycles. The van der Waals surface area contributed by atoms with Crippen LogP contribution in [0.25, 0.3) is 5.65 Å². The van der Waals surface area contributed by atoms with E-state index in [4.69, 9.17) is 0 Å². The Morgan fingerprint density at radius 2 is 1.97 bits per heavy atom. The fourth-order valence-corrected chi connectivity index (χ4v) is 3.59. The number of pyridine rings is 1. The minimum Gasteiger partial charge on any atom is -0.481 e. The van der Waals surface area contributed by atoms with Gasteiger partial charge < -0.3 is 20.5 Å². The van der Waals surface area contributed by atoms with E-state index in [1.165, 1.54) is 37.4 Å². The van der Waals surface area contributed by atoms with Crippen molar-refractivity contribution in [3.63, 3.8) is 0 Å². The molecule has 1 atom stereocenters. The molecule has 0 aliphatic carbocycles. The lowest BCUT2D eigenvalue weighted by Gasteiger charge is -2.17. The van der Waals surface area contributed by atoms with Crippen LogP contribution in [0.3, 0.4) is 0 Å². The van der Waals surface area contributed by atoms with E-state index in [9.17, 15) is 29.6 Å². The van der Waals surface area contributed by atoms with Gasteiger partial charge in [0.25, 0.3) is 11.6 Å². The van der Waals surface area contributed by atoms with E-state index in [1.54, 1.807) is 16.7 Å². The Bertz CT molecular complexity index is 1280. The number of carboxylic acid groups (broad SMARTS) is 1. The molecule has 3 rings (SSSR count). The molecule has 0 bridgehead atoms. The number of carboxylic acids is 1. The van der Waals surface area contributed by atoms with Gasteiger partial charge in [-0.3, -0.25) is 28.9 Å². The highest BCUT2D eigenvalue weighted by Gasteiger charge is 2.24. The number of aromatic nitrogens is 2. The Kier molecular flexibility index (Phi) is 7.64. The van der Waals surface area contributed by atoms with E-state index in [-0.39, 0.29) is 29.3 Å². The maximum Gasteiger partial charge on any atom is 0.325 e. The molecule has 0 aliphatic heterocycles. The van der Waals surface area contributed by atoms with E-state index in [0.29, 0.717) is 17.2 Å². The number of anilines is 1. The molecule has 35 heavy (non-hydrogen) atoms. The van der Waals surface area contributed by atoms with Gasteiger partial charge in [-0.2, -0.15) is 0 Å². The molecule has 1 amide bonds. The first-order chi connectivity index (χ1) is 16.6. The summed E-state index contributed by atoms with van der Waals surface area (Å²) in [6, 6.07) is 7.60. The molecular formula is C23H25N5O7. The van der Waals surface area contributed by atoms with Gasteiger partial charge >= 0.3 is 11.9 Å². The Balaban J connectivity index is 2.00. The van der Waals surface area contributed by atoms with Crippen LogP contribution < -0.4 is 10.6 Å². The maximum atomic E-state index is 13.3. The van der Waals surface area contributed by atoms with E-state index in [0.717, 1.165) is 0 Å². The number of esters is 1. The summed E-state index contributed by atoms with van der Waals surface area (Å²) in [5, 5.41) is 26.2. The first-order valence-electron chi connectivity index (χ1n) is 10.7. The normalized spacial score (nSPS) is 11.8. The molecule has 0 aliphatic rings. The van der Waals surface area contributed by atoms with Crippen molar-refractivity contribution >= 4 is 35.0 Å². The number of carbonyl (C=O) groups excluding carboxylic acids is 2. The molecule has 12 nitrogen and oxygen atoms in total.